The first kappa shape index (κ1) is 19.5. The molecule has 9 heteroatoms. The molecule has 0 bridgehead atoms. The van der Waals surface area contributed by atoms with E-state index in [0.717, 1.165) is 6.42 Å². The number of pyridine rings is 1. The number of ether oxygens (including phenoxy) is 1. The number of carbonyl (C=O) groups is 1. The molecule has 4 N–H and O–H groups in total. The van der Waals surface area contributed by atoms with Crippen molar-refractivity contribution in [2.45, 2.75) is 32.7 Å². The molecule has 0 saturated carbocycles. The monoisotopic (exact) mass is 363 g/mol. The summed E-state index contributed by atoms with van der Waals surface area (Å²) >= 11 is 0. The van der Waals surface area contributed by atoms with Gasteiger partial charge in [-0.2, -0.15) is 0 Å². The lowest BCUT2D eigenvalue weighted by atomic mass is 9.93. The summed E-state index contributed by atoms with van der Waals surface area (Å²) in [6.45, 7) is 6.08. The molecule has 0 radical (unpaired) electrons. The highest BCUT2D eigenvalue weighted by atomic mass is 19.1. The molecule has 1 atom stereocenters. The van der Waals surface area contributed by atoms with Crippen LogP contribution in [0.15, 0.2) is 24.5 Å². The van der Waals surface area contributed by atoms with Gasteiger partial charge in [0.05, 0.1) is 5.69 Å². The molecule has 140 valence electrons. The summed E-state index contributed by atoms with van der Waals surface area (Å²) in [6.07, 6.45) is 2.19. The minimum Gasteiger partial charge on any atom is -0.474 e. The standard InChI is InChI=1S/C17H22FN5O3/c1-10(2)7-17(3,19)9-26-14-12(18)6-11(8-21-14)13-4-5-20-15(22-13)23-16(24)25/h4-6,8,10H,7,9,19H2,1-3H3,(H,24,25)(H,20,22,23). The third-order valence-corrected chi connectivity index (χ3v) is 3.39. The molecule has 1 unspecified atom stereocenters. The molecule has 2 aromatic heterocycles. The smallest absolute Gasteiger partial charge is 0.411 e. The van der Waals surface area contributed by atoms with Crippen LogP contribution in [0, 0.1) is 11.7 Å². The van der Waals surface area contributed by atoms with E-state index in [1.807, 2.05) is 26.1 Å². The van der Waals surface area contributed by atoms with Crippen molar-refractivity contribution in [3.8, 4) is 17.1 Å². The molecule has 2 rings (SSSR count). The number of nitrogens with two attached hydrogens (primary N) is 1. The predicted octanol–water partition coefficient (Wildman–Crippen LogP) is 2.91. The van der Waals surface area contributed by atoms with Gasteiger partial charge in [0, 0.05) is 23.5 Å². The van der Waals surface area contributed by atoms with Gasteiger partial charge < -0.3 is 15.6 Å². The number of carboxylic acid groups (broad SMARTS) is 1. The average Bonchev–Trinajstić information content (AvgIpc) is 2.52. The van der Waals surface area contributed by atoms with Gasteiger partial charge in [0.15, 0.2) is 5.82 Å². The Labute approximate surface area is 150 Å². The van der Waals surface area contributed by atoms with Crippen molar-refractivity contribution in [3.63, 3.8) is 0 Å². The maximum Gasteiger partial charge on any atom is 0.411 e. The van der Waals surface area contributed by atoms with Crippen LogP contribution >= 0.6 is 0 Å². The molecule has 2 aromatic rings. The van der Waals surface area contributed by atoms with Crippen molar-refractivity contribution in [2.75, 3.05) is 11.9 Å². The van der Waals surface area contributed by atoms with Gasteiger partial charge in [-0.1, -0.05) is 13.8 Å². The summed E-state index contributed by atoms with van der Waals surface area (Å²) in [5, 5.41) is 10.7. The summed E-state index contributed by atoms with van der Waals surface area (Å²) in [7, 11) is 0. The Hall–Kier alpha value is -2.81. The number of aromatic nitrogens is 3. The first-order valence-corrected chi connectivity index (χ1v) is 8.07. The molecule has 26 heavy (non-hydrogen) atoms. The molecule has 0 aliphatic rings. The van der Waals surface area contributed by atoms with Crippen LogP contribution in [0.2, 0.25) is 0 Å². The van der Waals surface area contributed by atoms with E-state index in [9.17, 15) is 9.18 Å². The predicted molar refractivity (Wildman–Crippen MR) is 94.4 cm³/mol. The lowest BCUT2D eigenvalue weighted by molar-refractivity contribution is 0.193. The van der Waals surface area contributed by atoms with Crippen molar-refractivity contribution in [3.05, 3.63) is 30.3 Å². The Morgan fingerprint density at radius 1 is 1.46 bits per heavy atom. The van der Waals surface area contributed by atoms with Gasteiger partial charge in [-0.25, -0.2) is 24.1 Å². The molecule has 0 fully saturated rings. The number of nitrogens with zero attached hydrogens (tertiary/aromatic N) is 3. The normalized spacial score (nSPS) is 13.3. The molecule has 0 aliphatic heterocycles. The summed E-state index contributed by atoms with van der Waals surface area (Å²) < 4.78 is 19.7. The second kappa shape index (κ2) is 8.05. The number of hydrogen-bond donors (Lipinski definition) is 3. The van der Waals surface area contributed by atoms with Crippen molar-refractivity contribution in [1.29, 1.82) is 0 Å². The van der Waals surface area contributed by atoms with E-state index < -0.39 is 17.4 Å². The fraction of sp³-hybridized carbons (Fsp3) is 0.412. The summed E-state index contributed by atoms with van der Waals surface area (Å²) in [4.78, 5) is 22.4. The number of hydrogen-bond acceptors (Lipinski definition) is 6. The maximum atomic E-state index is 14.3. The van der Waals surface area contributed by atoms with Gasteiger partial charge in [-0.3, -0.25) is 5.32 Å². The van der Waals surface area contributed by atoms with Crippen LogP contribution in [0.1, 0.15) is 27.2 Å². The molecule has 0 saturated heterocycles. The first-order chi connectivity index (χ1) is 12.2. The van der Waals surface area contributed by atoms with Gasteiger partial charge in [0.2, 0.25) is 11.8 Å². The highest BCUT2D eigenvalue weighted by molar-refractivity contribution is 5.80. The first-order valence-electron chi connectivity index (χ1n) is 8.07. The number of nitrogens with one attached hydrogen (secondary N) is 1. The Balaban J connectivity index is 2.13. The van der Waals surface area contributed by atoms with Crippen LogP contribution in [0.25, 0.3) is 11.3 Å². The number of anilines is 1. The number of amides is 1. The second-order valence-electron chi connectivity index (χ2n) is 6.75. The number of rotatable bonds is 7. The third kappa shape index (κ3) is 5.62. The molecular weight excluding hydrogens is 341 g/mol. The minimum absolute atomic E-state index is 0.108. The second-order valence-corrected chi connectivity index (χ2v) is 6.75. The van der Waals surface area contributed by atoms with Gasteiger partial charge in [0.1, 0.15) is 6.61 Å². The summed E-state index contributed by atoms with van der Waals surface area (Å²) in [5.41, 5.74) is 6.24. The fourth-order valence-corrected chi connectivity index (χ4v) is 2.57. The van der Waals surface area contributed by atoms with Gasteiger partial charge >= 0.3 is 6.09 Å². The Morgan fingerprint density at radius 3 is 2.81 bits per heavy atom. The lowest BCUT2D eigenvalue weighted by Crippen LogP contribution is -2.43. The van der Waals surface area contributed by atoms with E-state index in [1.54, 1.807) is 0 Å². The largest absolute Gasteiger partial charge is 0.474 e. The molecule has 0 spiro atoms. The van der Waals surface area contributed by atoms with Crippen LogP contribution in [-0.4, -0.2) is 38.3 Å². The van der Waals surface area contributed by atoms with Crippen molar-refractivity contribution in [1.82, 2.24) is 15.0 Å². The molecular formula is C17H22FN5O3. The molecule has 2 heterocycles. The maximum absolute atomic E-state index is 14.3. The highest BCUT2D eigenvalue weighted by Crippen LogP contribution is 2.23. The topological polar surface area (TPSA) is 123 Å². The van der Waals surface area contributed by atoms with E-state index in [0.29, 0.717) is 17.2 Å². The zero-order valence-electron chi connectivity index (χ0n) is 14.9. The van der Waals surface area contributed by atoms with Gasteiger partial charge in [-0.05, 0) is 31.4 Å². The van der Waals surface area contributed by atoms with Crippen molar-refractivity contribution >= 4 is 12.0 Å². The van der Waals surface area contributed by atoms with Gasteiger partial charge in [0.25, 0.3) is 0 Å². The number of halogens is 1. The fourth-order valence-electron chi connectivity index (χ4n) is 2.57. The van der Waals surface area contributed by atoms with Crippen LogP contribution < -0.4 is 15.8 Å². The van der Waals surface area contributed by atoms with Gasteiger partial charge in [-0.15, -0.1) is 0 Å². The van der Waals surface area contributed by atoms with E-state index in [-0.39, 0.29) is 18.4 Å². The third-order valence-electron chi connectivity index (χ3n) is 3.39. The van der Waals surface area contributed by atoms with Crippen molar-refractivity contribution < 1.29 is 19.0 Å². The van der Waals surface area contributed by atoms with E-state index in [4.69, 9.17) is 15.6 Å². The van der Waals surface area contributed by atoms with Crippen LogP contribution in [-0.2, 0) is 0 Å². The molecule has 0 aliphatic carbocycles. The average molecular weight is 363 g/mol. The Bertz CT molecular complexity index is 783. The van der Waals surface area contributed by atoms with E-state index >= 15 is 0 Å². The molecule has 8 nitrogen and oxygen atoms in total. The molecule has 0 aromatic carbocycles. The zero-order chi connectivity index (χ0) is 19.3. The quantitative estimate of drug-likeness (QED) is 0.691. The van der Waals surface area contributed by atoms with E-state index in [2.05, 4.69) is 15.0 Å². The van der Waals surface area contributed by atoms with Crippen LogP contribution in [0.3, 0.4) is 0 Å². The van der Waals surface area contributed by atoms with Crippen LogP contribution in [0.4, 0.5) is 15.1 Å². The van der Waals surface area contributed by atoms with E-state index in [1.165, 1.54) is 24.5 Å². The Morgan fingerprint density at radius 2 is 2.19 bits per heavy atom. The summed E-state index contributed by atoms with van der Waals surface area (Å²) in [5.74, 6) is -0.523. The van der Waals surface area contributed by atoms with Crippen molar-refractivity contribution in [2.24, 2.45) is 11.7 Å². The lowest BCUT2D eigenvalue weighted by Gasteiger charge is -2.26. The zero-order valence-corrected chi connectivity index (χ0v) is 14.9. The SMILES string of the molecule is CC(C)CC(C)(N)COc1ncc(-c2ccnc(NC(=O)O)n2)cc1F. The summed E-state index contributed by atoms with van der Waals surface area (Å²) in [6, 6.07) is 2.73. The highest BCUT2D eigenvalue weighted by Gasteiger charge is 2.22. The Kier molecular flexibility index (Phi) is 6.04. The molecule has 1 amide bonds. The minimum atomic E-state index is -1.29. The van der Waals surface area contributed by atoms with Crippen LogP contribution in [0.5, 0.6) is 5.88 Å².